The number of nitrogen functional groups attached to an aromatic ring is 1. The zero-order valence-corrected chi connectivity index (χ0v) is 20.0. The molecule has 3 aromatic rings. The van der Waals surface area contributed by atoms with Crippen LogP contribution in [0.15, 0.2) is 30.3 Å². The number of rotatable bonds is 3. The van der Waals surface area contributed by atoms with Crippen molar-refractivity contribution in [2.75, 3.05) is 36.9 Å². The summed E-state index contributed by atoms with van der Waals surface area (Å²) in [5.74, 6) is 0.686. The summed E-state index contributed by atoms with van der Waals surface area (Å²) in [6, 6.07) is 10.0. The predicted octanol–water partition coefficient (Wildman–Crippen LogP) is 2.62. The van der Waals surface area contributed by atoms with Gasteiger partial charge < -0.3 is 31.2 Å². The molecular weight excluding hydrogens is 450 g/mol. The molecule has 6 rings (SSSR count). The fraction of sp³-hybridized carbons (Fsp3) is 0.440. The van der Waals surface area contributed by atoms with Crippen LogP contribution in [0.2, 0.25) is 0 Å². The van der Waals surface area contributed by atoms with Crippen LogP contribution in [0, 0.1) is 6.92 Å². The van der Waals surface area contributed by atoms with Crippen LogP contribution in [0.4, 0.5) is 11.4 Å². The molecule has 34 heavy (non-hydrogen) atoms. The number of ether oxygens (including phenoxy) is 2. The number of nitrogens with one attached hydrogen (secondary N) is 1. The van der Waals surface area contributed by atoms with E-state index < -0.39 is 0 Å². The zero-order valence-electron chi connectivity index (χ0n) is 19.2. The summed E-state index contributed by atoms with van der Waals surface area (Å²) in [7, 11) is 0. The van der Waals surface area contributed by atoms with Gasteiger partial charge in [0.2, 0.25) is 0 Å². The second-order valence-electron chi connectivity index (χ2n) is 9.63. The van der Waals surface area contributed by atoms with Crippen LogP contribution in [0.1, 0.15) is 33.8 Å². The summed E-state index contributed by atoms with van der Waals surface area (Å²) < 4.78 is 12.1. The number of hydrogen-bond acceptors (Lipinski definition) is 8. The zero-order chi connectivity index (χ0) is 23.4. The highest BCUT2D eigenvalue weighted by molar-refractivity contribution is 7.21. The highest BCUT2D eigenvalue weighted by Crippen LogP contribution is 2.38. The molecule has 178 valence electrons. The first-order valence-corrected chi connectivity index (χ1v) is 12.6. The first kappa shape index (κ1) is 21.6. The van der Waals surface area contributed by atoms with Gasteiger partial charge in [-0.1, -0.05) is 6.07 Å². The molecule has 2 saturated heterocycles. The fourth-order valence-corrected chi connectivity index (χ4v) is 6.44. The van der Waals surface area contributed by atoms with Crippen LogP contribution in [0.5, 0.6) is 5.75 Å². The minimum Gasteiger partial charge on any atom is -0.491 e. The van der Waals surface area contributed by atoms with E-state index in [2.05, 4.69) is 33.4 Å². The van der Waals surface area contributed by atoms with Crippen molar-refractivity contribution in [2.45, 2.75) is 43.9 Å². The summed E-state index contributed by atoms with van der Waals surface area (Å²) in [4.78, 5) is 21.1. The molecular formula is C25H29N5O3S. The quantitative estimate of drug-likeness (QED) is 0.529. The Balaban J connectivity index is 1.15. The molecule has 3 aliphatic heterocycles. The number of fused-ring (bicyclic) bond motifs is 2. The van der Waals surface area contributed by atoms with E-state index in [0.717, 1.165) is 65.4 Å². The summed E-state index contributed by atoms with van der Waals surface area (Å²) >= 11 is 1.33. The molecule has 0 radical (unpaired) electrons. The maximum atomic E-state index is 13.0. The third-order valence-corrected chi connectivity index (χ3v) is 8.40. The smallest absolute Gasteiger partial charge is 0.263 e. The minimum atomic E-state index is -0.213. The summed E-state index contributed by atoms with van der Waals surface area (Å²) in [6.07, 6.45) is 2.80. The van der Waals surface area contributed by atoms with E-state index in [1.165, 1.54) is 11.3 Å². The predicted molar refractivity (Wildman–Crippen MR) is 134 cm³/mol. The molecule has 1 aromatic carbocycles. The molecule has 5 N–H and O–H groups in total. The Labute approximate surface area is 202 Å². The maximum absolute atomic E-state index is 13.0. The van der Waals surface area contributed by atoms with Crippen LogP contribution >= 0.6 is 11.3 Å². The first-order chi connectivity index (χ1) is 16.4. The monoisotopic (exact) mass is 479 g/mol. The Hall–Kier alpha value is -2.88. The summed E-state index contributed by atoms with van der Waals surface area (Å²) in [6.45, 7) is 4.73. The average Bonchev–Trinajstić information content (AvgIpc) is 3.52. The molecule has 1 amide bonds. The van der Waals surface area contributed by atoms with Crippen molar-refractivity contribution in [1.82, 2.24) is 10.3 Å². The second-order valence-corrected chi connectivity index (χ2v) is 10.6. The molecule has 5 heterocycles. The topological polar surface area (TPSA) is 116 Å². The van der Waals surface area contributed by atoms with E-state index in [1.807, 2.05) is 19.1 Å². The van der Waals surface area contributed by atoms with Crippen molar-refractivity contribution < 1.29 is 14.3 Å². The molecule has 0 saturated carbocycles. The van der Waals surface area contributed by atoms with Crippen molar-refractivity contribution in [3.8, 4) is 5.75 Å². The third kappa shape index (κ3) is 3.59. The molecule has 0 unspecified atom stereocenters. The lowest BCUT2D eigenvalue weighted by Gasteiger charge is -2.28. The van der Waals surface area contributed by atoms with Crippen molar-refractivity contribution in [3.05, 3.63) is 46.5 Å². The van der Waals surface area contributed by atoms with E-state index in [-0.39, 0.29) is 23.6 Å². The van der Waals surface area contributed by atoms with Crippen molar-refractivity contribution in [1.29, 1.82) is 0 Å². The Morgan fingerprint density at radius 1 is 1.32 bits per heavy atom. The maximum Gasteiger partial charge on any atom is 0.263 e. The Morgan fingerprint density at radius 2 is 2.21 bits per heavy atom. The molecule has 1 spiro atoms. The van der Waals surface area contributed by atoms with Gasteiger partial charge in [-0.25, -0.2) is 4.98 Å². The van der Waals surface area contributed by atoms with Gasteiger partial charge in [0.1, 0.15) is 27.7 Å². The molecule has 8 nitrogen and oxygen atoms in total. The standard InChI is InChI=1S/C25H29N5O3S/c1-14-3-6-18-21(27)22(34-24(18)28-14)23(31)29-16-9-15-4-5-17(10-19(15)32-12-16)30-11-20(26)25(13-30)7-2-8-33-25/h3-6,10,16,20H,2,7-9,11-13,26-27H2,1H3,(H,29,31)/t16-,20+,25+/m1/s1. The molecule has 0 aliphatic carbocycles. The highest BCUT2D eigenvalue weighted by atomic mass is 32.1. The van der Waals surface area contributed by atoms with Gasteiger partial charge in [0, 0.05) is 42.5 Å². The minimum absolute atomic E-state index is 0.0204. The van der Waals surface area contributed by atoms with E-state index in [4.69, 9.17) is 20.9 Å². The lowest BCUT2D eigenvalue weighted by molar-refractivity contribution is 0.0108. The molecule has 3 aliphatic rings. The van der Waals surface area contributed by atoms with Crippen LogP contribution in [0.3, 0.4) is 0 Å². The summed E-state index contributed by atoms with van der Waals surface area (Å²) in [5, 5.41) is 3.92. The van der Waals surface area contributed by atoms with Gasteiger partial charge in [-0.3, -0.25) is 4.79 Å². The number of amides is 1. The number of pyridine rings is 1. The van der Waals surface area contributed by atoms with E-state index in [9.17, 15) is 4.79 Å². The molecule has 2 aromatic heterocycles. The van der Waals surface area contributed by atoms with E-state index in [0.29, 0.717) is 23.6 Å². The van der Waals surface area contributed by atoms with Gasteiger partial charge in [-0.15, -0.1) is 11.3 Å². The lowest BCUT2D eigenvalue weighted by atomic mass is 9.95. The van der Waals surface area contributed by atoms with Gasteiger partial charge in [-0.05, 0) is 49.9 Å². The lowest BCUT2D eigenvalue weighted by Crippen LogP contribution is -2.46. The number of hydrogen-bond donors (Lipinski definition) is 3. The number of nitrogens with zero attached hydrogens (tertiary/aromatic N) is 2. The third-order valence-electron chi connectivity index (χ3n) is 7.28. The van der Waals surface area contributed by atoms with Crippen LogP contribution < -0.4 is 26.4 Å². The van der Waals surface area contributed by atoms with Gasteiger partial charge in [0.05, 0.1) is 17.8 Å². The molecule has 9 heteroatoms. The van der Waals surface area contributed by atoms with E-state index >= 15 is 0 Å². The normalized spacial score (nSPS) is 26.1. The highest BCUT2D eigenvalue weighted by Gasteiger charge is 2.48. The van der Waals surface area contributed by atoms with Crippen molar-refractivity contribution in [3.63, 3.8) is 0 Å². The van der Waals surface area contributed by atoms with Crippen LogP contribution in [-0.2, 0) is 11.2 Å². The van der Waals surface area contributed by atoms with Crippen molar-refractivity contribution >= 4 is 38.8 Å². The molecule has 2 fully saturated rings. The Bertz CT molecular complexity index is 1270. The number of aromatic nitrogens is 1. The van der Waals surface area contributed by atoms with Crippen molar-refractivity contribution in [2.24, 2.45) is 5.73 Å². The van der Waals surface area contributed by atoms with Crippen LogP contribution in [-0.4, -0.2) is 54.9 Å². The first-order valence-electron chi connectivity index (χ1n) is 11.8. The number of carbonyl (C=O) groups is 1. The average molecular weight is 480 g/mol. The number of benzene rings is 1. The van der Waals surface area contributed by atoms with Gasteiger partial charge in [-0.2, -0.15) is 0 Å². The number of nitrogens with two attached hydrogens (primary N) is 2. The van der Waals surface area contributed by atoms with Gasteiger partial charge in [0.25, 0.3) is 5.91 Å². The Morgan fingerprint density at radius 3 is 3.03 bits per heavy atom. The number of anilines is 2. The Kier molecular flexibility index (Phi) is 5.16. The van der Waals surface area contributed by atoms with Gasteiger partial charge >= 0.3 is 0 Å². The van der Waals surface area contributed by atoms with E-state index in [1.54, 1.807) is 0 Å². The number of carbonyl (C=O) groups excluding carboxylic acids is 1. The number of aryl methyl sites for hydroxylation is 1. The fourth-order valence-electron chi connectivity index (χ4n) is 5.40. The van der Waals surface area contributed by atoms with Gasteiger partial charge in [0.15, 0.2) is 0 Å². The SMILES string of the molecule is Cc1ccc2c(N)c(C(=O)N[C@H]3COc4cc(N5C[C@H](N)[C@]6(CCCO6)C5)ccc4C3)sc2n1. The van der Waals surface area contributed by atoms with Crippen LogP contribution in [0.25, 0.3) is 10.2 Å². The second kappa shape index (κ2) is 8.11. The molecule has 3 atom stereocenters. The number of thiophene rings is 1. The largest absolute Gasteiger partial charge is 0.491 e. The summed E-state index contributed by atoms with van der Waals surface area (Å²) in [5.41, 5.74) is 16.1. The molecule has 0 bridgehead atoms.